The summed E-state index contributed by atoms with van der Waals surface area (Å²) < 4.78 is 20.9. The monoisotopic (exact) mass is 331 g/mol. The quantitative estimate of drug-likeness (QED) is 0.455. The zero-order valence-electron chi connectivity index (χ0n) is 13.1. The van der Waals surface area contributed by atoms with E-state index in [1.165, 1.54) is 0 Å². The Hall–Kier alpha value is -1.75. The molecule has 1 aromatic rings. The average Bonchev–Trinajstić information content (AvgIpc) is 3.38. The highest BCUT2D eigenvalue weighted by Gasteiger charge is 2.24. The van der Waals surface area contributed by atoms with Crippen LogP contribution in [0, 0.1) is 0 Å². The number of epoxide rings is 2. The van der Waals surface area contributed by atoms with E-state index < -0.39 is 17.1 Å². The first kappa shape index (κ1) is 17.6. The Balaban J connectivity index is 0.000000174. The first-order valence-corrected chi connectivity index (χ1v) is 7.30. The molecular formula is C13H21N3O7. The van der Waals surface area contributed by atoms with Crippen LogP contribution in [-0.2, 0) is 25.5 Å². The van der Waals surface area contributed by atoms with Gasteiger partial charge in [0, 0.05) is 7.11 Å². The van der Waals surface area contributed by atoms with Crippen LogP contribution in [0.25, 0.3) is 0 Å². The third-order valence-corrected chi connectivity index (χ3v) is 3.25. The van der Waals surface area contributed by atoms with Crippen LogP contribution in [0.15, 0.2) is 14.4 Å². The van der Waals surface area contributed by atoms with Gasteiger partial charge in [-0.15, -0.1) is 0 Å². The van der Waals surface area contributed by atoms with E-state index in [0.29, 0.717) is 12.7 Å². The summed E-state index contributed by atoms with van der Waals surface area (Å²) in [5, 5.41) is 0. The lowest BCUT2D eigenvalue weighted by atomic mass is 10.3. The molecule has 0 spiro atoms. The van der Waals surface area contributed by atoms with Gasteiger partial charge in [-0.25, -0.2) is 19.0 Å². The number of aromatic nitrogens is 3. The molecule has 2 aliphatic rings. The lowest BCUT2D eigenvalue weighted by Crippen LogP contribution is -2.44. The third-order valence-electron chi connectivity index (χ3n) is 3.25. The molecule has 1 aromatic heterocycles. The van der Waals surface area contributed by atoms with Gasteiger partial charge < -0.3 is 18.9 Å². The molecule has 0 aromatic carbocycles. The number of hydrogen-bond acceptors (Lipinski definition) is 7. The van der Waals surface area contributed by atoms with Gasteiger partial charge in [-0.2, -0.15) is 0 Å². The van der Waals surface area contributed by atoms with E-state index in [0.717, 1.165) is 24.2 Å². The summed E-state index contributed by atoms with van der Waals surface area (Å²) in [6, 6.07) is 0. The number of methoxy groups -OCH3 is 1. The van der Waals surface area contributed by atoms with Crippen LogP contribution in [0.4, 0.5) is 0 Å². The predicted molar refractivity (Wildman–Crippen MR) is 78.5 cm³/mol. The number of H-pyrrole nitrogens is 2. The van der Waals surface area contributed by atoms with Crippen LogP contribution in [0.5, 0.6) is 0 Å². The second-order valence-electron chi connectivity index (χ2n) is 5.17. The third kappa shape index (κ3) is 6.48. The molecule has 2 N–H and O–H groups in total. The topological polar surface area (TPSA) is 131 Å². The Morgan fingerprint density at radius 3 is 2.22 bits per heavy atom. The molecule has 0 saturated carbocycles. The number of aromatic amines is 2. The predicted octanol–water partition coefficient (Wildman–Crippen LogP) is -1.59. The molecule has 0 radical (unpaired) electrons. The summed E-state index contributed by atoms with van der Waals surface area (Å²) in [6.45, 7) is 4.26. The van der Waals surface area contributed by atoms with Crippen LogP contribution in [0.1, 0.15) is 13.3 Å². The van der Waals surface area contributed by atoms with Crippen molar-refractivity contribution in [3.05, 3.63) is 31.5 Å². The number of ether oxygens (including phenoxy) is 4. The molecule has 2 saturated heterocycles. The Bertz CT molecular complexity index is 622. The molecule has 0 amide bonds. The molecule has 3 heterocycles. The summed E-state index contributed by atoms with van der Waals surface area (Å²) in [6.07, 6.45) is 1.29. The van der Waals surface area contributed by atoms with Gasteiger partial charge in [0.25, 0.3) is 0 Å². The largest absolute Gasteiger partial charge is 0.373 e. The Morgan fingerprint density at radius 2 is 1.74 bits per heavy atom. The second-order valence-corrected chi connectivity index (χ2v) is 5.17. The van der Waals surface area contributed by atoms with E-state index in [2.05, 4.69) is 0 Å². The van der Waals surface area contributed by atoms with E-state index in [4.69, 9.17) is 18.9 Å². The van der Waals surface area contributed by atoms with E-state index in [1.54, 1.807) is 7.11 Å². The number of rotatable bonds is 7. The summed E-state index contributed by atoms with van der Waals surface area (Å²) >= 11 is 0. The lowest BCUT2D eigenvalue weighted by Gasteiger charge is -2.09. The fourth-order valence-electron chi connectivity index (χ4n) is 1.66. The normalized spacial score (nSPS) is 22.9. The zero-order chi connectivity index (χ0) is 16.8. The Morgan fingerprint density at radius 1 is 1.17 bits per heavy atom. The van der Waals surface area contributed by atoms with Crippen molar-refractivity contribution < 1.29 is 18.9 Å². The van der Waals surface area contributed by atoms with Crippen LogP contribution >= 0.6 is 0 Å². The van der Waals surface area contributed by atoms with Crippen LogP contribution in [-0.4, -0.2) is 60.0 Å². The maximum absolute atomic E-state index is 11.1. The minimum atomic E-state index is -0.789. The minimum absolute atomic E-state index is 0.0790. The van der Waals surface area contributed by atoms with Crippen molar-refractivity contribution in [2.75, 3.05) is 26.9 Å². The molecule has 3 rings (SSSR count). The van der Waals surface area contributed by atoms with E-state index in [-0.39, 0.29) is 18.9 Å². The molecule has 2 fully saturated rings. The fourth-order valence-corrected chi connectivity index (χ4v) is 1.66. The summed E-state index contributed by atoms with van der Waals surface area (Å²) in [7, 11) is 1.64. The standard InChI is InChI=1S/C7H14O3.C6H7N3O4/c1-6(8-2)9-4-3-7-5-10-7;10-4-7-5(11)9(6(12)8-4)1-3-2-13-3/h6-7H,3-5H2,1-2H3;3H,1-2H2,(H2,7,8,10,11,12). The smallest absolute Gasteiger partial charge is 0.333 e. The maximum Gasteiger partial charge on any atom is 0.333 e. The SMILES string of the molecule is COC(C)OCCC1CO1.O=c1[nH]c(=O)n(CC2CO2)c(=O)[nH]1. The highest BCUT2D eigenvalue weighted by atomic mass is 16.7. The molecule has 130 valence electrons. The molecular weight excluding hydrogens is 310 g/mol. The van der Waals surface area contributed by atoms with Gasteiger partial charge >= 0.3 is 17.1 Å². The first-order chi connectivity index (χ1) is 11.0. The van der Waals surface area contributed by atoms with E-state index in [9.17, 15) is 14.4 Å². The maximum atomic E-state index is 11.1. The van der Waals surface area contributed by atoms with Crippen molar-refractivity contribution in [3.63, 3.8) is 0 Å². The van der Waals surface area contributed by atoms with Gasteiger partial charge in [0.15, 0.2) is 6.29 Å². The first-order valence-electron chi connectivity index (χ1n) is 7.30. The van der Waals surface area contributed by atoms with E-state index in [1.807, 2.05) is 16.9 Å². The van der Waals surface area contributed by atoms with Crippen molar-refractivity contribution in [1.29, 1.82) is 0 Å². The summed E-state index contributed by atoms with van der Waals surface area (Å²) in [4.78, 5) is 36.6. The fraction of sp³-hybridized carbons (Fsp3) is 0.769. The molecule has 3 atom stereocenters. The lowest BCUT2D eigenvalue weighted by molar-refractivity contribution is -0.111. The van der Waals surface area contributed by atoms with Gasteiger partial charge in [-0.05, 0) is 13.3 Å². The van der Waals surface area contributed by atoms with Crippen molar-refractivity contribution in [2.45, 2.75) is 38.4 Å². The highest BCUT2D eigenvalue weighted by Crippen LogP contribution is 2.13. The molecule has 2 aliphatic heterocycles. The van der Waals surface area contributed by atoms with Gasteiger partial charge in [-0.1, -0.05) is 0 Å². The van der Waals surface area contributed by atoms with Gasteiger partial charge in [0.2, 0.25) is 0 Å². The second kappa shape index (κ2) is 8.20. The van der Waals surface area contributed by atoms with Gasteiger partial charge in [0.05, 0.1) is 38.6 Å². The van der Waals surface area contributed by atoms with Crippen molar-refractivity contribution in [3.8, 4) is 0 Å². The van der Waals surface area contributed by atoms with Crippen LogP contribution in [0.2, 0.25) is 0 Å². The highest BCUT2D eigenvalue weighted by molar-refractivity contribution is 4.75. The van der Waals surface area contributed by atoms with Crippen LogP contribution < -0.4 is 17.1 Å². The zero-order valence-corrected chi connectivity index (χ0v) is 13.1. The molecule has 0 bridgehead atoms. The summed E-state index contributed by atoms with van der Waals surface area (Å²) in [5.74, 6) is 0. The van der Waals surface area contributed by atoms with Gasteiger partial charge in [0.1, 0.15) is 0 Å². The number of nitrogens with zero attached hydrogens (tertiary/aromatic N) is 1. The molecule has 3 unspecified atom stereocenters. The average molecular weight is 331 g/mol. The summed E-state index contributed by atoms with van der Waals surface area (Å²) in [5.41, 5.74) is -2.20. The Labute approximate surface area is 131 Å². The van der Waals surface area contributed by atoms with Crippen molar-refractivity contribution in [2.24, 2.45) is 0 Å². The van der Waals surface area contributed by atoms with Crippen LogP contribution in [0.3, 0.4) is 0 Å². The molecule has 23 heavy (non-hydrogen) atoms. The molecule has 10 heteroatoms. The van der Waals surface area contributed by atoms with Gasteiger partial charge in [-0.3, -0.25) is 9.97 Å². The minimum Gasteiger partial charge on any atom is -0.373 e. The molecule has 0 aliphatic carbocycles. The van der Waals surface area contributed by atoms with Crippen molar-refractivity contribution in [1.82, 2.24) is 14.5 Å². The molecule has 10 nitrogen and oxygen atoms in total. The Kier molecular flexibility index (Phi) is 6.28. The van der Waals surface area contributed by atoms with E-state index >= 15 is 0 Å². The number of hydrogen-bond donors (Lipinski definition) is 2. The van der Waals surface area contributed by atoms with Crippen molar-refractivity contribution >= 4 is 0 Å². The number of nitrogens with one attached hydrogen (secondary N) is 2.